The lowest BCUT2D eigenvalue weighted by Crippen LogP contribution is -2.38. The molecule has 142 valence electrons. The van der Waals surface area contributed by atoms with Gasteiger partial charge in [0, 0.05) is 12.0 Å². The van der Waals surface area contributed by atoms with Gasteiger partial charge in [-0.05, 0) is 70.2 Å². The molecule has 0 aromatic heterocycles. The van der Waals surface area contributed by atoms with Crippen molar-refractivity contribution in [1.82, 2.24) is 4.90 Å². The maximum atomic E-state index is 5.78. The third-order valence-electron chi connectivity index (χ3n) is 5.63. The molecule has 0 bridgehead atoms. The fourth-order valence-corrected chi connectivity index (χ4v) is 3.71. The molecular weight excluding hydrogens is 314 g/mol. The van der Waals surface area contributed by atoms with E-state index < -0.39 is 0 Å². The van der Waals surface area contributed by atoms with Crippen LogP contribution in [-0.2, 0) is 6.42 Å². The fourth-order valence-electron chi connectivity index (χ4n) is 3.71. The summed E-state index contributed by atoms with van der Waals surface area (Å²) in [7, 11) is 2.22. The highest BCUT2D eigenvalue weighted by Gasteiger charge is 2.21. The Morgan fingerprint density at radius 1 is 1.27 bits per heavy atom. The number of hydrogen-bond acceptors (Lipinski definition) is 1. The topological polar surface area (TPSA) is 3.24 Å². The summed E-state index contributed by atoms with van der Waals surface area (Å²) in [5.41, 5.74) is 3.97. The Kier molecular flexibility index (Phi) is 10.1. The van der Waals surface area contributed by atoms with Crippen LogP contribution in [0.2, 0.25) is 0 Å². The predicted octanol–water partition coefficient (Wildman–Crippen LogP) is 6.05. The summed E-state index contributed by atoms with van der Waals surface area (Å²) >= 11 is 0. The van der Waals surface area contributed by atoms with Gasteiger partial charge in [0.15, 0.2) is 0 Å². The minimum absolute atomic E-state index is 0.247. The molecule has 0 N–H and O–H groups in total. The van der Waals surface area contributed by atoms with E-state index in [0.29, 0.717) is 12.0 Å². The summed E-state index contributed by atoms with van der Waals surface area (Å²) in [4.78, 5) is 2.46. The fraction of sp³-hybridized carbons (Fsp3) is 0.520. The summed E-state index contributed by atoms with van der Waals surface area (Å²) < 4.78 is 0. The number of hydrogen-bond donors (Lipinski definition) is 0. The van der Waals surface area contributed by atoms with Crippen molar-refractivity contribution < 1.29 is 0 Å². The molecule has 26 heavy (non-hydrogen) atoms. The first-order valence-corrected chi connectivity index (χ1v) is 9.96. The third kappa shape index (κ3) is 6.85. The molecule has 0 saturated carbocycles. The van der Waals surface area contributed by atoms with E-state index in [2.05, 4.69) is 76.1 Å². The van der Waals surface area contributed by atoms with Crippen LogP contribution < -0.4 is 0 Å². The molecule has 0 spiro atoms. The molecule has 0 aliphatic carbocycles. The van der Waals surface area contributed by atoms with Crippen molar-refractivity contribution in [3.05, 3.63) is 60.2 Å². The normalized spacial score (nSPS) is 14.5. The summed E-state index contributed by atoms with van der Waals surface area (Å²) in [5.74, 6) is 3.74. The zero-order chi connectivity index (χ0) is 19.5. The van der Waals surface area contributed by atoms with Gasteiger partial charge in [0.1, 0.15) is 0 Å². The smallest absolute Gasteiger partial charge is 0.0327 e. The summed E-state index contributed by atoms with van der Waals surface area (Å²) in [6.45, 7) is 15.7. The molecule has 0 aliphatic heterocycles. The number of benzene rings is 1. The molecule has 0 fully saturated rings. The van der Waals surface area contributed by atoms with Crippen molar-refractivity contribution in [3.63, 3.8) is 0 Å². The zero-order valence-electron chi connectivity index (χ0n) is 17.3. The van der Waals surface area contributed by atoms with E-state index in [4.69, 9.17) is 6.42 Å². The second-order valence-electron chi connectivity index (χ2n) is 7.52. The van der Waals surface area contributed by atoms with Gasteiger partial charge in [-0.1, -0.05) is 62.4 Å². The second kappa shape index (κ2) is 11.8. The minimum atomic E-state index is 0.247. The van der Waals surface area contributed by atoms with E-state index in [1.165, 1.54) is 29.5 Å². The number of terminal acetylenes is 1. The number of aryl methyl sites for hydroxylation is 2. The zero-order valence-corrected chi connectivity index (χ0v) is 17.3. The van der Waals surface area contributed by atoms with Gasteiger partial charge in [-0.2, -0.15) is 0 Å². The van der Waals surface area contributed by atoms with Crippen molar-refractivity contribution in [1.29, 1.82) is 0 Å². The van der Waals surface area contributed by atoms with Crippen molar-refractivity contribution in [2.75, 3.05) is 13.6 Å². The monoisotopic (exact) mass is 351 g/mol. The molecule has 0 heterocycles. The van der Waals surface area contributed by atoms with E-state index in [1.807, 2.05) is 6.08 Å². The SMILES string of the molecule is C#CC(C)C(CCc1ccccc1C)N(C)CCC(CCC)C(=C)C=C. The maximum absolute atomic E-state index is 5.78. The Hall–Kier alpha value is -1.78. The highest BCUT2D eigenvalue weighted by molar-refractivity contribution is 5.25. The van der Waals surface area contributed by atoms with Crippen LogP contribution in [0.25, 0.3) is 0 Å². The molecule has 1 aromatic rings. The van der Waals surface area contributed by atoms with Crippen LogP contribution in [0.1, 0.15) is 50.7 Å². The largest absolute Gasteiger partial charge is 0.302 e. The molecule has 0 amide bonds. The average Bonchev–Trinajstić information content (AvgIpc) is 2.65. The number of rotatable bonds is 12. The molecule has 3 unspecified atom stereocenters. The molecular formula is C25H37N. The standard InChI is InChI=1S/C25H37N/c1-8-13-23(20(4)9-2)18-19-26(7)25(21(5)10-3)17-16-24-15-12-11-14-22(24)6/h3,9,11-12,14-15,21,23,25H,2,4,8,13,16-19H2,1,5-7H3. The van der Waals surface area contributed by atoms with Gasteiger partial charge in [0.05, 0.1) is 0 Å². The Morgan fingerprint density at radius 2 is 1.96 bits per heavy atom. The Balaban J connectivity index is 2.72. The lowest BCUT2D eigenvalue weighted by Gasteiger charge is -2.32. The van der Waals surface area contributed by atoms with Crippen molar-refractivity contribution in [3.8, 4) is 12.3 Å². The van der Waals surface area contributed by atoms with Gasteiger partial charge in [-0.25, -0.2) is 0 Å². The molecule has 3 atom stereocenters. The van der Waals surface area contributed by atoms with Crippen LogP contribution in [0.3, 0.4) is 0 Å². The molecule has 1 nitrogen and oxygen atoms in total. The van der Waals surface area contributed by atoms with E-state index in [0.717, 1.165) is 25.8 Å². The van der Waals surface area contributed by atoms with Gasteiger partial charge in [0.2, 0.25) is 0 Å². The van der Waals surface area contributed by atoms with Gasteiger partial charge in [-0.3, -0.25) is 0 Å². The lowest BCUT2D eigenvalue weighted by atomic mass is 9.90. The van der Waals surface area contributed by atoms with Crippen molar-refractivity contribution >= 4 is 0 Å². The van der Waals surface area contributed by atoms with E-state index in [9.17, 15) is 0 Å². The predicted molar refractivity (Wildman–Crippen MR) is 116 cm³/mol. The molecule has 0 radical (unpaired) electrons. The second-order valence-corrected chi connectivity index (χ2v) is 7.52. The first-order valence-electron chi connectivity index (χ1n) is 9.96. The first kappa shape index (κ1) is 22.3. The Bertz CT molecular complexity index is 607. The number of allylic oxidation sites excluding steroid dienone is 2. The molecule has 0 saturated heterocycles. The quantitative estimate of drug-likeness (QED) is 0.327. The highest BCUT2D eigenvalue weighted by atomic mass is 15.1. The molecule has 1 aromatic carbocycles. The van der Waals surface area contributed by atoms with Gasteiger partial charge in [0.25, 0.3) is 0 Å². The van der Waals surface area contributed by atoms with Gasteiger partial charge < -0.3 is 4.90 Å². The van der Waals surface area contributed by atoms with Gasteiger partial charge in [-0.15, -0.1) is 12.3 Å². The minimum Gasteiger partial charge on any atom is -0.302 e. The van der Waals surface area contributed by atoms with Crippen LogP contribution in [0.4, 0.5) is 0 Å². The van der Waals surface area contributed by atoms with E-state index in [-0.39, 0.29) is 5.92 Å². The van der Waals surface area contributed by atoms with E-state index in [1.54, 1.807) is 0 Å². The van der Waals surface area contributed by atoms with E-state index >= 15 is 0 Å². The first-order chi connectivity index (χ1) is 12.4. The summed E-state index contributed by atoms with van der Waals surface area (Å²) in [6, 6.07) is 9.06. The lowest BCUT2D eigenvalue weighted by molar-refractivity contribution is 0.187. The number of nitrogens with zero attached hydrogens (tertiary/aromatic N) is 1. The van der Waals surface area contributed by atoms with Crippen molar-refractivity contribution in [2.24, 2.45) is 11.8 Å². The van der Waals surface area contributed by atoms with Crippen LogP contribution >= 0.6 is 0 Å². The highest BCUT2D eigenvalue weighted by Crippen LogP contribution is 2.23. The van der Waals surface area contributed by atoms with Crippen LogP contribution in [0, 0.1) is 31.1 Å². The molecule has 1 rings (SSSR count). The van der Waals surface area contributed by atoms with Gasteiger partial charge >= 0.3 is 0 Å². The Labute approximate surface area is 162 Å². The molecule has 1 heteroatoms. The average molecular weight is 352 g/mol. The van der Waals surface area contributed by atoms with Crippen LogP contribution in [-0.4, -0.2) is 24.5 Å². The van der Waals surface area contributed by atoms with Crippen LogP contribution in [0.15, 0.2) is 49.1 Å². The maximum Gasteiger partial charge on any atom is 0.0327 e. The third-order valence-corrected chi connectivity index (χ3v) is 5.63. The van der Waals surface area contributed by atoms with Crippen LogP contribution in [0.5, 0.6) is 0 Å². The summed E-state index contributed by atoms with van der Waals surface area (Å²) in [6.07, 6.45) is 13.3. The molecule has 0 aliphatic rings. The Morgan fingerprint density at radius 3 is 2.54 bits per heavy atom. The summed E-state index contributed by atoms with van der Waals surface area (Å²) in [5, 5.41) is 0. The van der Waals surface area contributed by atoms with Crippen molar-refractivity contribution in [2.45, 2.75) is 58.9 Å².